The maximum Gasteiger partial charge on any atom is 0.00644 e. The Bertz CT molecular complexity index is 219. The van der Waals surface area contributed by atoms with Crippen LogP contribution >= 0.6 is 0 Å². The Balaban J connectivity index is 1.78. The summed E-state index contributed by atoms with van der Waals surface area (Å²) in [6.45, 7) is 8.67. The summed E-state index contributed by atoms with van der Waals surface area (Å²) < 4.78 is 0. The molecule has 17 heavy (non-hydrogen) atoms. The predicted molar refractivity (Wildman–Crippen MR) is 74.3 cm³/mol. The third kappa shape index (κ3) is 3.45. The maximum atomic E-state index is 3.45. The molecule has 0 amide bonds. The Labute approximate surface area is 107 Å². The van der Waals surface area contributed by atoms with Crippen LogP contribution in [0.25, 0.3) is 0 Å². The van der Waals surface area contributed by atoms with Crippen molar-refractivity contribution in [1.82, 2.24) is 10.2 Å². The van der Waals surface area contributed by atoms with Crippen LogP contribution in [0.4, 0.5) is 0 Å². The maximum absolute atomic E-state index is 3.45. The molecule has 1 spiro atoms. The SMILES string of the molecule is CNC1CCC2(CC1)CCN(CC(C)C)CC2. The van der Waals surface area contributed by atoms with Gasteiger partial charge < -0.3 is 10.2 Å². The minimum atomic E-state index is 0.723. The van der Waals surface area contributed by atoms with Crippen molar-refractivity contribution in [1.29, 1.82) is 0 Å². The highest BCUT2D eigenvalue weighted by Gasteiger charge is 2.37. The third-order valence-corrected chi connectivity index (χ3v) is 4.99. The van der Waals surface area contributed by atoms with Gasteiger partial charge in [-0.3, -0.25) is 0 Å². The van der Waals surface area contributed by atoms with Gasteiger partial charge >= 0.3 is 0 Å². The Morgan fingerprint density at radius 2 is 1.71 bits per heavy atom. The summed E-state index contributed by atoms with van der Waals surface area (Å²) in [5.41, 5.74) is 0.723. The van der Waals surface area contributed by atoms with Crippen LogP contribution in [0.2, 0.25) is 0 Å². The zero-order valence-electron chi connectivity index (χ0n) is 12.0. The molecule has 100 valence electrons. The number of hydrogen-bond acceptors (Lipinski definition) is 2. The lowest BCUT2D eigenvalue weighted by Crippen LogP contribution is -2.45. The Hall–Kier alpha value is -0.0800. The minimum absolute atomic E-state index is 0.723. The van der Waals surface area contributed by atoms with Crippen molar-refractivity contribution in [2.24, 2.45) is 11.3 Å². The van der Waals surface area contributed by atoms with Gasteiger partial charge in [-0.1, -0.05) is 13.8 Å². The predicted octanol–water partition coefficient (Wildman–Crippen LogP) is 2.89. The first-order valence-electron chi connectivity index (χ1n) is 7.53. The van der Waals surface area contributed by atoms with Crippen molar-refractivity contribution in [3.63, 3.8) is 0 Å². The van der Waals surface area contributed by atoms with Gasteiger partial charge in [0.15, 0.2) is 0 Å². The molecule has 0 aromatic heterocycles. The van der Waals surface area contributed by atoms with Crippen molar-refractivity contribution >= 4 is 0 Å². The Kier molecular flexibility index (Phi) is 4.48. The van der Waals surface area contributed by atoms with Crippen molar-refractivity contribution < 1.29 is 0 Å². The molecule has 1 saturated heterocycles. The second-order valence-electron chi connectivity index (χ2n) is 6.76. The van der Waals surface area contributed by atoms with E-state index in [-0.39, 0.29) is 0 Å². The molecule has 1 aliphatic heterocycles. The second kappa shape index (κ2) is 5.71. The molecule has 1 aliphatic carbocycles. The minimum Gasteiger partial charge on any atom is -0.317 e. The van der Waals surface area contributed by atoms with Crippen LogP contribution < -0.4 is 5.32 Å². The number of hydrogen-bond donors (Lipinski definition) is 1. The average Bonchev–Trinajstić information content (AvgIpc) is 2.33. The molecular formula is C15H30N2. The van der Waals surface area contributed by atoms with Crippen LogP contribution in [-0.2, 0) is 0 Å². The van der Waals surface area contributed by atoms with Gasteiger partial charge in [-0.25, -0.2) is 0 Å². The molecule has 2 nitrogen and oxygen atoms in total. The zero-order chi connectivity index (χ0) is 12.3. The summed E-state index contributed by atoms with van der Waals surface area (Å²) in [5, 5.41) is 3.45. The van der Waals surface area contributed by atoms with Gasteiger partial charge in [0.2, 0.25) is 0 Å². The van der Waals surface area contributed by atoms with E-state index in [4.69, 9.17) is 0 Å². The van der Waals surface area contributed by atoms with E-state index in [9.17, 15) is 0 Å². The molecule has 0 bridgehead atoms. The van der Waals surface area contributed by atoms with Crippen LogP contribution in [-0.4, -0.2) is 37.6 Å². The highest BCUT2D eigenvalue weighted by Crippen LogP contribution is 2.44. The van der Waals surface area contributed by atoms with Crippen LogP contribution in [0.5, 0.6) is 0 Å². The summed E-state index contributed by atoms with van der Waals surface area (Å²) in [4.78, 5) is 2.68. The Morgan fingerprint density at radius 1 is 1.12 bits per heavy atom. The molecule has 0 unspecified atom stereocenters. The van der Waals surface area contributed by atoms with E-state index >= 15 is 0 Å². The summed E-state index contributed by atoms with van der Waals surface area (Å²) in [6, 6.07) is 0.800. The van der Waals surface area contributed by atoms with Crippen LogP contribution in [0, 0.1) is 11.3 Å². The average molecular weight is 238 g/mol. The van der Waals surface area contributed by atoms with Gasteiger partial charge in [-0.05, 0) is 70.0 Å². The molecule has 1 N–H and O–H groups in total. The fourth-order valence-corrected chi connectivity index (χ4v) is 3.75. The van der Waals surface area contributed by atoms with Crippen molar-refractivity contribution in [2.75, 3.05) is 26.7 Å². The lowest BCUT2D eigenvalue weighted by Gasteiger charge is -2.46. The first-order valence-corrected chi connectivity index (χ1v) is 7.53. The third-order valence-electron chi connectivity index (χ3n) is 4.99. The Morgan fingerprint density at radius 3 is 2.18 bits per heavy atom. The second-order valence-corrected chi connectivity index (χ2v) is 6.76. The quantitative estimate of drug-likeness (QED) is 0.813. The van der Waals surface area contributed by atoms with E-state index in [0.29, 0.717) is 0 Å². The number of rotatable bonds is 3. The van der Waals surface area contributed by atoms with E-state index < -0.39 is 0 Å². The molecule has 0 aromatic rings. The first kappa shape index (κ1) is 13.4. The molecule has 2 heteroatoms. The zero-order valence-corrected chi connectivity index (χ0v) is 12.0. The van der Waals surface area contributed by atoms with E-state index in [1.807, 2.05) is 0 Å². The van der Waals surface area contributed by atoms with Crippen LogP contribution in [0.3, 0.4) is 0 Å². The van der Waals surface area contributed by atoms with Crippen molar-refractivity contribution in [3.05, 3.63) is 0 Å². The lowest BCUT2D eigenvalue weighted by molar-refractivity contribution is 0.0545. The van der Waals surface area contributed by atoms with E-state index in [1.54, 1.807) is 0 Å². The normalized spacial score (nSPS) is 26.8. The number of likely N-dealkylation sites (tertiary alicyclic amines) is 1. The van der Waals surface area contributed by atoms with Gasteiger partial charge in [-0.15, -0.1) is 0 Å². The smallest absolute Gasteiger partial charge is 0.00644 e. The van der Waals surface area contributed by atoms with Crippen molar-refractivity contribution in [2.45, 2.75) is 58.4 Å². The molecule has 1 heterocycles. The topological polar surface area (TPSA) is 15.3 Å². The van der Waals surface area contributed by atoms with Crippen molar-refractivity contribution in [3.8, 4) is 0 Å². The molecule has 0 aromatic carbocycles. The molecule has 2 aliphatic rings. The monoisotopic (exact) mass is 238 g/mol. The lowest BCUT2D eigenvalue weighted by atomic mass is 9.67. The van der Waals surface area contributed by atoms with Crippen LogP contribution in [0.1, 0.15) is 52.4 Å². The fourth-order valence-electron chi connectivity index (χ4n) is 3.75. The molecule has 0 atom stereocenters. The number of piperidine rings is 1. The van der Waals surface area contributed by atoms with Gasteiger partial charge in [0, 0.05) is 12.6 Å². The summed E-state index contributed by atoms with van der Waals surface area (Å²) in [7, 11) is 2.12. The molecule has 0 radical (unpaired) electrons. The van der Waals surface area contributed by atoms with Gasteiger partial charge in [0.05, 0.1) is 0 Å². The molecule has 1 saturated carbocycles. The van der Waals surface area contributed by atoms with Gasteiger partial charge in [0.1, 0.15) is 0 Å². The fraction of sp³-hybridized carbons (Fsp3) is 1.00. The number of nitrogens with zero attached hydrogens (tertiary/aromatic N) is 1. The molecule has 2 rings (SSSR count). The molecule has 2 fully saturated rings. The summed E-state index contributed by atoms with van der Waals surface area (Å²) in [5.74, 6) is 0.823. The standard InChI is InChI=1S/C15H30N2/c1-13(2)12-17-10-8-15(9-11-17)6-4-14(16-3)5-7-15/h13-14,16H,4-12H2,1-3H3. The molecular weight excluding hydrogens is 208 g/mol. The largest absolute Gasteiger partial charge is 0.317 e. The highest BCUT2D eigenvalue weighted by molar-refractivity contribution is 4.91. The van der Waals surface area contributed by atoms with E-state index in [0.717, 1.165) is 17.4 Å². The van der Waals surface area contributed by atoms with Gasteiger partial charge in [0.25, 0.3) is 0 Å². The van der Waals surface area contributed by atoms with Crippen LogP contribution in [0.15, 0.2) is 0 Å². The van der Waals surface area contributed by atoms with E-state index in [2.05, 4.69) is 31.1 Å². The van der Waals surface area contributed by atoms with Gasteiger partial charge in [-0.2, -0.15) is 0 Å². The first-order chi connectivity index (χ1) is 8.13. The number of nitrogens with one attached hydrogen (secondary N) is 1. The van der Waals surface area contributed by atoms with E-state index in [1.165, 1.54) is 58.2 Å². The summed E-state index contributed by atoms with van der Waals surface area (Å²) in [6.07, 6.45) is 8.65. The summed E-state index contributed by atoms with van der Waals surface area (Å²) >= 11 is 0. The highest BCUT2D eigenvalue weighted by atomic mass is 15.1.